The van der Waals surface area contributed by atoms with E-state index in [2.05, 4.69) is 41.7 Å². The minimum Gasteiger partial charge on any atom is -0.459 e. The summed E-state index contributed by atoms with van der Waals surface area (Å²) in [6, 6.07) is 30.1. The minimum atomic E-state index is -0.754. The number of amides is 1. The summed E-state index contributed by atoms with van der Waals surface area (Å²) in [5.74, 6) is -0.508. The van der Waals surface area contributed by atoms with Crippen molar-refractivity contribution in [1.29, 1.82) is 0 Å². The van der Waals surface area contributed by atoms with Crippen molar-refractivity contribution >= 4 is 23.6 Å². The number of carbonyl (C=O) groups is 2. The third kappa shape index (κ3) is 5.14. The van der Waals surface area contributed by atoms with Gasteiger partial charge in [-0.15, -0.1) is 11.8 Å². The first-order valence-corrected chi connectivity index (χ1v) is 13.0. The lowest BCUT2D eigenvalue weighted by Crippen LogP contribution is -2.72. The van der Waals surface area contributed by atoms with Crippen molar-refractivity contribution in [3.8, 4) is 0 Å². The van der Waals surface area contributed by atoms with Crippen LogP contribution in [0.15, 0.2) is 91.0 Å². The van der Waals surface area contributed by atoms with Crippen LogP contribution in [0.25, 0.3) is 0 Å². The Morgan fingerprint density at radius 1 is 0.857 bits per heavy atom. The summed E-state index contributed by atoms with van der Waals surface area (Å²) in [7, 11) is 0. The topological polar surface area (TPSA) is 58.6 Å². The third-order valence-electron chi connectivity index (χ3n) is 6.09. The lowest BCUT2D eigenvalue weighted by atomic mass is 9.76. The fraction of sp³-hybridized carbons (Fsp3) is 0.310. The number of ether oxygens (including phenoxy) is 1. The zero-order valence-electron chi connectivity index (χ0n) is 20.6. The van der Waals surface area contributed by atoms with Gasteiger partial charge in [-0.25, -0.2) is 0 Å². The van der Waals surface area contributed by atoms with Gasteiger partial charge in [-0.05, 0) is 43.7 Å². The largest absolute Gasteiger partial charge is 0.459 e. The van der Waals surface area contributed by atoms with Gasteiger partial charge in [-0.3, -0.25) is 14.9 Å². The molecule has 182 valence electrons. The summed E-state index contributed by atoms with van der Waals surface area (Å²) in [4.78, 5) is 27.5. The van der Waals surface area contributed by atoms with Gasteiger partial charge in [-0.1, -0.05) is 91.0 Å². The van der Waals surface area contributed by atoms with Gasteiger partial charge in [0.05, 0.1) is 5.54 Å². The molecule has 1 fully saturated rings. The first-order valence-electron chi connectivity index (χ1n) is 11.8. The first kappa shape index (κ1) is 25.0. The number of esters is 1. The third-order valence-corrected chi connectivity index (χ3v) is 7.10. The number of nitrogens with one attached hydrogen (secondary N) is 1. The maximum Gasteiger partial charge on any atom is 0.326 e. The predicted molar refractivity (Wildman–Crippen MR) is 141 cm³/mol. The molecule has 3 aromatic carbocycles. The highest BCUT2D eigenvalue weighted by atomic mass is 32.2. The van der Waals surface area contributed by atoms with E-state index in [0.29, 0.717) is 0 Å². The number of β-lactam (4-membered cyclic amide) rings is 1. The zero-order chi connectivity index (χ0) is 25.1. The second-order valence-corrected chi connectivity index (χ2v) is 10.6. The van der Waals surface area contributed by atoms with Crippen LogP contribution < -0.4 is 5.32 Å². The molecule has 0 aliphatic carbocycles. The first-order chi connectivity index (χ1) is 16.8. The normalized spacial score (nSPS) is 18.2. The van der Waals surface area contributed by atoms with E-state index < -0.39 is 23.2 Å². The molecule has 6 heteroatoms. The van der Waals surface area contributed by atoms with Crippen molar-refractivity contribution in [3.63, 3.8) is 0 Å². The number of thioether (sulfide) groups is 1. The van der Waals surface area contributed by atoms with Crippen molar-refractivity contribution in [2.45, 2.75) is 43.3 Å². The Balaban J connectivity index is 1.73. The van der Waals surface area contributed by atoms with Gasteiger partial charge in [0.15, 0.2) is 0 Å². The lowest BCUT2D eigenvalue weighted by Gasteiger charge is -2.50. The molecule has 0 radical (unpaired) electrons. The van der Waals surface area contributed by atoms with Gasteiger partial charge in [0, 0.05) is 0 Å². The fourth-order valence-corrected chi connectivity index (χ4v) is 5.54. The van der Waals surface area contributed by atoms with E-state index in [0.717, 1.165) is 16.7 Å². The van der Waals surface area contributed by atoms with E-state index in [9.17, 15) is 9.59 Å². The number of hydrogen-bond acceptors (Lipinski definition) is 5. The number of carbonyl (C=O) groups excluding carboxylic acids is 2. The molecule has 1 N–H and O–H groups in total. The molecule has 4 rings (SSSR count). The molecule has 2 unspecified atom stereocenters. The second-order valence-electron chi connectivity index (χ2n) is 9.65. The van der Waals surface area contributed by atoms with Crippen LogP contribution in [-0.4, -0.2) is 46.6 Å². The number of benzene rings is 3. The molecule has 1 saturated heterocycles. The van der Waals surface area contributed by atoms with Gasteiger partial charge in [0.1, 0.15) is 23.6 Å². The Bertz CT molecular complexity index is 1050. The van der Waals surface area contributed by atoms with Crippen molar-refractivity contribution in [3.05, 3.63) is 108 Å². The highest BCUT2D eigenvalue weighted by molar-refractivity contribution is 7.99. The summed E-state index contributed by atoms with van der Waals surface area (Å²) in [5, 5.41) is 3.55. The molecule has 35 heavy (non-hydrogen) atoms. The molecule has 3 aromatic rings. The van der Waals surface area contributed by atoms with E-state index in [1.807, 2.05) is 81.6 Å². The van der Waals surface area contributed by atoms with Gasteiger partial charge < -0.3 is 9.64 Å². The predicted octanol–water partition coefficient (Wildman–Crippen LogP) is 4.81. The minimum absolute atomic E-state index is 0.0607. The molecule has 0 saturated carbocycles. The Labute approximate surface area is 211 Å². The van der Waals surface area contributed by atoms with Gasteiger partial charge in [0.25, 0.3) is 0 Å². The van der Waals surface area contributed by atoms with Crippen molar-refractivity contribution in [2.24, 2.45) is 0 Å². The zero-order valence-corrected chi connectivity index (χ0v) is 21.4. The monoisotopic (exact) mass is 488 g/mol. The molecule has 5 nitrogen and oxygen atoms in total. The van der Waals surface area contributed by atoms with Gasteiger partial charge >= 0.3 is 5.97 Å². The quantitative estimate of drug-likeness (QED) is 0.280. The van der Waals surface area contributed by atoms with Crippen molar-refractivity contribution in [2.75, 3.05) is 12.8 Å². The van der Waals surface area contributed by atoms with Gasteiger partial charge in [0.2, 0.25) is 5.91 Å². The maximum atomic E-state index is 13.4. The van der Waals surface area contributed by atoms with Crippen LogP contribution in [0.3, 0.4) is 0 Å². The van der Waals surface area contributed by atoms with E-state index in [1.165, 1.54) is 0 Å². The molecular weight excluding hydrogens is 456 g/mol. The van der Waals surface area contributed by atoms with Crippen molar-refractivity contribution in [1.82, 2.24) is 10.2 Å². The average molecular weight is 489 g/mol. The molecule has 1 amide bonds. The van der Waals surface area contributed by atoms with E-state index in [-0.39, 0.29) is 17.8 Å². The van der Waals surface area contributed by atoms with E-state index >= 15 is 0 Å². The van der Waals surface area contributed by atoms with Crippen LogP contribution in [-0.2, 0) is 19.9 Å². The smallest absolute Gasteiger partial charge is 0.326 e. The summed E-state index contributed by atoms with van der Waals surface area (Å²) in [6.07, 6.45) is 1.96. The summed E-state index contributed by atoms with van der Waals surface area (Å²) < 4.78 is 5.47. The molecule has 1 heterocycles. The standard InChI is InChI=1S/C29H32N2O3S/c1-28(2,3)34-24(32)20-31-26(33)25(27(31)35-4)30-29(21-14-8-5-9-15-21,22-16-10-6-11-17-22)23-18-12-7-13-19-23/h5-19,25,27,30H,20H2,1-4H3. The summed E-state index contributed by atoms with van der Waals surface area (Å²) in [6.45, 7) is 5.42. The Kier molecular flexibility index (Phi) is 7.33. The average Bonchev–Trinajstić information content (AvgIpc) is 2.86. The number of nitrogens with zero attached hydrogens (tertiary/aromatic N) is 1. The molecular formula is C29H32N2O3S. The molecule has 1 aliphatic heterocycles. The summed E-state index contributed by atoms with van der Waals surface area (Å²) in [5.41, 5.74) is 1.76. The van der Waals surface area contributed by atoms with Crippen LogP contribution in [0.4, 0.5) is 0 Å². The summed E-state index contributed by atoms with van der Waals surface area (Å²) >= 11 is 1.55. The molecule has 0 aromatic heterocycles. The van der Waals surface area contributed by atoms with Crippen LogP contribution >= 0.6 is 11.8 Å². The van der Waals surface area contributed by atoms with Gasteiger partial charge in [-0.2, -0.15) is 0 Å². The highest BCUT2D eigenvalue weighted by Gasteiger charge is 2.52. The number of rotatable bonds is 8. The van der Waals surface area contributed by atoms with Crippen LogP contribution in [0.2, 0.25) is 0 Å². The molecule has 1 aliphatic rings. The fourth-order valence-electron chi connectivity index (χ4n) is 4.65. The van der Waals surface area contributed by atoms with Crippen molar-refractivity contribution < 1.29 is 14.3 Å². The van der Waals surface area contributed by atoms with Crippen LogP contribution in [0.1, 0.15) is 37.5 Å². The molecule has 0 bridgehead atoms. The van der Waals surface area contributed by atoms with Crippen LogP contribution in [0, 0.1) is 0 Å². The molecule has 0 spiro atoms. The molecule has 2 atom stereocenters. The lowest BCUT2D eigenvalue weighted by molar-refractivity contribution is -0.164. The van der Waals surface area contributed by atoms with E-state index in [4.69, 9.17) is 4.74 Å². The Morgan fingerprint density at radius 3 is 1.66 bits per heavy atom. The number of likely N-dealkylation sites (tertiary alicyclic amines) is 1. The van der Waals surface area contributed by atoms with Crippen LogP contribution in [0.5, 0.6) is 0 Å². The Hall–Kier alpha value is -3.09. The highest BCUT2D eigenvalue weighted by Crippen LogP contribution is 2.40. The second kappa shape index (κ2) is 10.3. The number of hydrogen-bond donors (Lipinski definition) is 1. The van der Waals surface area contributed by atoms with E-state index in [1.54, 1.807) is 16.7 Å². The SMILES string of the molecule is CSC1C(NC(c2ccccc2)(c2ccccc2)c2ccccc2)C(=O)N1CC(=O)OC(C)(C)C. The Morgan fingerprint density at radius 2 is 1.29 bits per heavy atom. The maximum absolute atomic E-state index is 13.4.